The summed E-state index contributed by atoms with van der Waals surface area (Å²) < 4.78 is 0. The van der Waals surface area contributed by atoms with Crippen molar-refractivity contribution in [2.45, 2.75) is 63.4 Å². The maximum Gasteiger partial charge on any atom is 0.198 e. The molecule has 0 aliphatic heterocycles. The van der Waals surface area contributed by atoms with Gasteiger partial charge in [0, 0.05) is 40.6 Å². The van der Waals surface area contributed by atoms with Crippen LogP contribution >= 0.6 is 0 Å². The number of aliphatic hydroxyl groups is 3. The summed E-state index contributed by atoms with van der Waals surface area (Å²) in [4.78, 5) is 37.4. The van der Waals surface area contributed by atoms with Gasteiger partial charge in [-0.05, 0) is 32.6 Å². The highest BCUT2D eigenvalue weighted by molar-refractivity contribution is 6.30. The van der Waals surface area contributed by atoms with Gasteiger partial charge in [0.05, 0.1) is 29.4 Å². The van der Waals surface area contributed by atoms with E-state index in [9.17, 15) is 24.6 Å². The minimum Gasteiger partial charge on any atom is -0.507 e. The van der Waals surface area contributed by atoms with E-state index < -0.39 is 35.9 Å². The molecule has 5 rings (SSSR count). The first-order chi connectivity index (χ1) is 16.5. The SMILES string of the molecule is CC(=O)[C@H]1CCc2c(O)c3c(c(O)c2C1)C(=O)c1ccccc1C3=O.NC1CC(O)CC(O)C1O. The average Bonchev–Trinajstić information content (AvgIpc) is 2.83. The summed E-state index contributed by atoms with van der Waals surface area (Å²) in [5, 5.41) is 48.5. The zero-order valence-corrected chi connectivity index (χ0v) is 19.3. The fourth-order valence-electron chi connectivity index (χ4n) is 5.17. The van der Waals surface area contributed by atoms with Gasteiger partial charge in [0.1, 0.15) is 17.3 Å². The molecule has 4 unspecified atom stereocenters. The normalized spacial score (nSPS) is 27.2. The van der Waals surface area contributed by atoms with Crippen LogP contribution in [-0.2, 0) is 17.6 Å². The van der Waals surface area contributed by atoms with Gasteiger partial charge >= 0.3 is 0 Å². The van der Waals surface area contributed by atoms with Crippen molar-refractivity contribution in [3.63, 3.8) is 0 Å². The van der Waals surface area contributed by atoms with Gasteiger partial charge in [-0.3, -0.25) is 14.4 Å². The van der Waals surface area contributed by atoms with E-state index in [0.717, 1.165) is 0 Å². The Morgan fingerprint density at radius 3 is 1.97 bits per heavy atom. The Morgan fingerprint density at radius 1 is 0.914 bits per heavy atom. The smallest absolute Gasteiger partial charge is 0.198 e. The van der Waals surface area contributed by atoms with Crippen molar-refractivity contribution in [3.8, 4) is 11.5 Å². The number of phenolic OH excluding ortho intramolecular Hbond substituents is 2. The van der Waals surface area contributed by atoms with Crippen molar-refractivity contribution in [1.82, 2.24) is 0 Å². The van der Waals surface area contributed by atoms with E-state index >= 15 is 0 Å². The van der Waals surface area contributed by atoms with Crippen LogP contribution < -0.4 is 5.73 Å². The molecule has 2 aromatic rings. The number of rotatable bonds is 1. The summed E-state index contributed by atoms with van der Waals surface area (Å²) in [6, 6.07) is 5.89. The van der Waals surface area contributed by atoms with E-state index in [1.54, 1.807) is 18.2 Å². The molecule has 3 aliphatic carbocycles. The Labute approximate surface area is 201 Å². The molecule has 7 N–H and O–H groups in total. The van der Waals surface area contributed by atoms with Gasteiger partial charge in [-0.1, -0.05) is 24.3 Å². The summed E-state index contributed by atoms with van der Waals surface area (Å²) >= 11 is 0. The summed E-state index contributed by atoms with van der Waals surface area (Å²) in [5.41, 5.74) is 6.43. The molecule has 2 aromatic carbocycles. The summed E-state index contributed by atoms with van der Waals surface area (Å²) in [6.07, 6.45) is -0.494. The van der Waals surface area contributed by atoms with Crippen molar-refractivity contribution in [3.05, 3.63) is 57.6 Å². The zero-order chi connectivity index (χ0) is 25.6. The van der Waals surface area contributed by atoms with E-state index in [-0.39, 0.29) is 58.3 Å². The molecule has 9 nitrogen and oxygen atoms in total. The molecular weight excluding hydrogens is 454 g/mol. The van der Waals surface area contributed by atoms with Crippen LogP contribution in [0.25, 0.3) is 0 Å². The van der Waals surface area contributed by atoms with Gasteiger partial charge in [0.15, 0.2) is 11.6 Å². The molecule has 3 aliphatic rings. The van der Waals surface area contributed by atoms with Crippen molar-refractivity contribution in [2.24, 2.45) is 11.7 Å². The topological polar surface area (TPSA) is 178 Å². The van der Waals surface area contributed by atoms with Gasteiger partial charge in [0.25, 0.3) is 0 Å². The Balaban J connectivity index is 0.000000243. The highest BCUT2D eigenvalue weighted by atomic mass is 16.3. The molecule has 0 amide bonds. The van der Waals surface area contributed by atoms with Crippen molar-refractivity contribution >= 4 is 17.3 Å². The molecular formula is C26H29NO8. The molecule has 0 spiro atoms. The summed E-state index contributed by atoms with van der Waals surface area (Å²) in [5.74, 6) is -1.70. The maximum absolute atomic E-state index is 12.8. The largest absolute Gasteiger partial charge is 0.507 e. The molecule has 35 heavy (non-hydrogen) atoms. The molecule has 1 fully saturated rings. The second-order valence-electron chi connectivity index (χ2n) is 9.51. The third-order valence-electron chi connectivity index (χ3n) is 7.19. The predicted molar refractivity (Wildman–Crippen MR) is 125 cm³/mol. The maximum atomic E-state index is 12.8. The number of fused-ring (bicyclic) bond motifs is 3. The van der Waals surface area contributed by atoms with Crippen molar-refractivity contribution in [1.29, 1.82) is 0 Å². The fourth-order valence-corrected chi connectivity index (χ4v) is 5.17. The van der Waals surface area contributed by atoms with Gasteiger partial charge < -0.3 is 31.3 Å². The molecule has 9 heteroatoms. The Kier molecular flexibility index (Phi) is 6.79. The Morgan fingerprint density at radius 2 is 1.46 bits per heavy atom. The number of carbonyl (C=O) groups excluding carboxylic acids is 3. The second-order valence-corrected chi connectivity index (χ2v) is 9.51. The number of hydrogen-bond acceptors (Lipinski definition) is 9. The molecule has 1 saturated carbocycles. The van der Waals surface area contributed by atoms with Gasteiger partial charge in [0.2, 0.25) is 0 Å². The lowest BCUT2D eigenvalue weighted by Gasteiger charge is -2.32. The van der Waals surface area contributed by atoms with E-state index in [0.29, 0.717) is 30.4 Å². The third-order valence-corrected chi connectivity index (χ3v) is 7.19. The van der Waals surface area contributed by atoms with Gasteiger partial charge in [-0.25, -0.2) is 0 Å². The first kappa shape index (κ1) is 25.0. The van der Waals surface area contributed by atoms with Crippen molar-refractivity contribution < 1.29 is 39.9 Å². The van der Waals surface area contributed by atoms with Crippen LogP contribution in [-0.4, -0.2) is 67.2 Å². The van der Waals surface area contributed by atoms with E-state index in [1.807, 2.05) is 0 Å². The van der Waals surface area contributed by atoms with Crippen LogP contribution in [0.15, 0.2) is 24.3 Å². The lowest BCUT2D eigenvalue weighted by molar-refractivity contribution is -0.121. The highest BCUT2D eigenvalue weighted by Crippen LogP contribution is 2.46. The van der Waals surface area contributed by atoms with Crippen LogP contribution in [0.3, 0.4) is 0 Å². The van der Waals surface area contributed by atoms with Gasteiger partial charge in [-0.15, -0.1) is 0 Å². The fraction of sp³-hybridized carbons (Fsp3) is 0.423. The number of phenols is 2. The quantitative estimate of drug-likeness (QED) is 0.273. The number of hydrogen-bond donors (Lipinski definition) is 6. The Bertz CT molecular complexity index is 1190. The van der Waals surface area contributed by atoms with Crippen LogP contribution in [0.1, 0.15) is 69.2 Å². The first-order valence-electron chi connectivity index (χ1n) is 11.6. The lowest BCUT2D eigenvalue weighted by atomic mass is 9.75. The summed E-state index contributed by atoms with van der Waals surface area (Å²) in [6.45, 7) is 1.50. The van der Waals surface area contributed by atoms with Crippen LogP contribution in [0, 0.1) is 5.92 Å². The molecule has 0 radical (unpaired) electrons. The number of Topliss-reactive ketones (excluding diaryl/α,β-unsaturated/α-hetero) is 1. The molecule has 5 atom stereocenters. The third kappa shape index (κ3) is 4.36. The average molecular weight is 484 g/mol. The predicted octanol–water partition coefficient (Wildman–Crippen LogP) is 0.757. The Hall–Kier alpha value is -3.11. The lowest BCUT2D eigenvalue weighted by Crippen LogP contribution is -2.50. The molecule has 0 bridgehead atoms. The summed E-state index contributed by atoms with van der Waals surface area (Å²) in [7, 11) is 0. The monoisotopic (exact) mass is 483 g/mol. The minimum atomic E-state index is -0.872. The molecule has 186 valence electrons. The highest BCUT2D eigenvalue weighted by Gasteiger charge is 2.39. The van der Waals surface area contributed by atoms with Crippen molar-refractivity contribution in [2.75, 3.05) is 0 Å². The number of nitrogens with two attached hydrogens (primary N) is 1. The number of benzene rings is 2. The van der Waals surface area contributed by atoms with E-state index in [2.05, 4.69) is 0 Å². The van der Waals surface area contributed by atoms with Gasteiger partial charge in [-0.2, -0.15) is 0 Å². The number of carbonyl (C=O) groups is 3. The zero-order valence-electron chi connectivity index (χ0n) is 19.3. The molecule has 0 aromatic heterocycles. The number of ketones is 3. The number of aromatic hydroxyl groups is 2. The van der Waals surface area contributed by atoms with Crippen LogP contribution in [0.4, 0.5) is 0 Å². The second kappa shape index (κ2) is 9.50. The standard InChI is InChI=1S/C20H16O5.C6H13NO3/c1-9(21)10-6-7-13-14(8-10)20(25)16-15(19(13)24)17(22)11-4-2-3-5-12(11)18(16)23;7-4-1-3(8)2-5(9)6(4)10/h2-5,10,24-25H,6-8H2,1H3;3-6,8-10H,1-2,7H2/t10-;/m0./s1. The minimum absolute atomic E-state index is 0.00927. The van der Waals surface area contributed by atoms with E-state index in [4.69, 9.17) is 21.1 Å². The van der Waals surface area contributed by atoms with Crippen LogP contribution in [0.5, 0.6) is 11.5 Å². The van der Waals surface area contributed by atoms with Crippen LogP contribution in [0.2, 0.25) is 0 Å². The molecule has 0 saturated heterocycles. The number of aliphatic hydroxyl groups excluding tert-OH is 3. The first-order valence-corrected chi connectivity index (χ1v) is 11.6. The molecule has 0 heterocycles. The van der Waals surface area contributed by atoms with E-state index in [1.165, 1.54) is 13.0 Å².